The normalized spacial score (nSPS) is 20.0. The van der Waals surface area contributed by atoms with Crippen LogP contribution in [0.2, 0.25) is 5.02 Å². The number of aliphatic hydroxyl groups is 1. The molecule has 2 aliphatic rings. The molecule has 0 aliphatic carbocycles. The van der Waals surface area contributed by atoms with Crippen molar-refractivity contribution in [2.45, 2.75) is 18.9 Å². The van der Waals surface area contributed by atoms with E-state index in [1.807, 2.05) is 0 Å². The number of piperazine rings is 1. The minimum atomic E-state index is -3.17. The largest absolute Gasteiger partial charge is 0.489 e. The topological polar surface area (TPSA) is 90.4 Å². The van der Waals surface area contributed by atoms with Crippen LogP contribution in [0.25, 0.3) is 0 Å². The number of halogens is 1. The number of benzene rings is 1. The number of carbonyl (C=O) groups excluding carboxylic acids is 1. The van der Waals surface area contributed by atoms with Gasteiger partial charge in [-0.15, -0.1) is 0 Å². The molecule has 1 aromatic carbocycles. The first kappa shape index (κ1) is 22.3. The van der Waals surface area contributed by atoms with Crippen molar-refractivity contribution in [2.24, 2.45) is 0 Å². The monoisotopic (exact) mass is 445 g/mol. The third kappa shape index (κ3) is 5.82. The Hall–Kier alpha value is -1.39. The van der Waals surface area contributed by atoms with Crippen molar-refractivity contribution in [3.63, 3.8) is 0 Å². The molecule has 2 fully saturated rings. The molecule has 2 heterocycles. The molecule has 1 N–H and O–H groups in total. The average molecular weight is 446 g/mol. The van der Waals surface area contributed by atoms with Gasteiger partial charge in [-0.05, 0) is 31.0 Å². The molecule has 1 amide bonds. The van der Waals surface area contributed by atoms with Crippen molar-refractivity contribution in [1.29, 1.82) is 0 Å². The van der Waals surface area contributed by atoms with Crippen LogP contribution >= 0.6 is 11.6 Å². The zero-order valence-electron chi connectivity index (χ0n) is 16.6. The number of carbonyl (C=O) groups is 1. The number of nitrogens with zero attached hydrogens (tertiary/aromatic N) is 3. The molecular weight excluding hydrogens is 418 g/mol. The lowest BCUT2D eigenvalue weighted by Crippen LogP contribution is -2.49. The molecule has 0 saturated carbocycles. The lowest BCUT2D eigenvalue weighted by atomic mass is 10.1. The maximum absolute atomic E-state index is 12.7. The van der Waals surface area contributed by atoms with E-state index in [4.69, 9.17) is 21.4 Å². The first-order valence-electron chi connectivity index (χ1n) is 9.82. The number of ether oxygens (including phenoxy) is 1. The second-order valence-corrected chi connectivity index (χ2v) is 9.87. The summed E-state index contributed by atoms with van der Waals surface area (Å²) in [6.45, 7) is 4.34. The number of β-amino-alcohol motifs (C(OH)–C–C–N with tert-alkyl or cyclic N) is 1. The SMILES string of the molecule is CS(=O)(=O)N1CCC(Oc2ccc(C(=O)N3CCN(CCO)CC3)cc2Cl)CC1. The van der Waals surface area contributed by atoms with Gasteiger partial charge in [0, 0.05) is 51.4 Å². The number of piperidine rings is 1. The first-order chi connectivity index (χ1) is 13.8. The van der Waals surface area contributed by atoms with Crippen LogP contribution in [0.1, 0.15) is 23.2 Å². The van der Waals surface area contributed by atoms with Gasteiger partial charge >= 0.3 is 0 Å². The summed E-state index contributed by atoms with van der Waals surface area (Å²) in [4.78, 5) is 16.7. The fraction of sp³-hybridized carbons (Fsp3) is 0.632. The van der Waals surface area contributed by atoms with E-state index in [9.17, 15) is 13.2 Å². The highest BCUT2D eigenvalue weighted by Crippen LogP contribution is 2.29. The van der Waals surface area contributed by atoms with Crippen molar-refractivity contribution in [3.8, 4) is 5.75 Å². The van der Waals surface area contributed by atoms with Crippen LogP contribution < -0.4 is 4.74 Å². The molecule has 0 spiro atoms. The maximum atomic E-state index is 12.7. The molecule has 162 valence electrons. The van der Waals surface area contributed by atoms with Crippen LogP contribution in [0.5, 0.6) is 5.75 Å². The first-order valence-corrected chi connectivity index (χ1v) is 12.0. The summed E-state index contributed by atoms with van der Waals surface area (Å²) in [6, 6.07) is 5.06. The fourth-order valence-electron chi connectivity index (χ4n) is 3.69. The van der Waals surface area contributed by atoms with E-state index in [1.54, 1.807) is 23.1 Å². The third-order valence-corrected chi connectivity index (χ3v) is 7.02. The van der Waals surface area contributed by atoms with E-state index >= 15 is 0 Å². The number of amides is 1. The molecule has 10 heteroatoms. The summed E-state index contributed by atoms with van der Waals surface area (Å²) < 4.78 is 30.6. The smallest absolute Gasteiger partial charge is 0.253 e. The Labute approximate surface area is 177 Å². The lowest BCUT2D eigenvalue weighted by Gasteiger charge is -2.34. The van der Waals surface area contributed by atoms with E-state index < -0.39 is 10.0 Å². The molecule has 0 atom stereocenters. The predicted octanol–water partition coefficient (Wildman–Crippen LogP) is 0.893. The summed E-state index contributed by atoms with van der Waals surface area (Å²) in [7, 11) is -3.17. The molecule has 2 saturated heterocycles. The summed E-state index contributed by atoms with van der Waals surface area (Å²) in [6.07, 6.45) is 2.31. The van der Waals surface area contributed by atoms with Crippen molar-refractivity contribution in [3.05, 3.63) is 28.8 Å². The van der Waals surface area contributed by atoms with Gasteiger partial charge in [0.1, 0.15) is 11.9 Å². The number of rotatable bonds is 6. The second-order valence-electron chi connectivity index (χ2n) is 7.48. The minimum Gasteiger partial charge on any atom is -0.489 e. The maximum Gasteiger partial charge on any atom is 0.253 e. The summed E-state index contributed by atoms with van der Waals surface area (Å²) >= 11 is 6.36. The quantitative estimate of drug-likeness (QED) is 0.699. The predicted molar refractivity (Wildman–Crippen MR) is 111 cm³/mol. The molecule has 8 nitrogen and oxygen atoms in total. The highest BCUT2D eigenvalue weighted by atomic mass is 35.5. The van der Waals surface area contributed by atoms with Gasteiger partial charge in [0.15, 0.2) is 0 Å². The Kier molecular flexibility index (Phi) is 7.39. The van der Waals surface area contributed by atoms with Gasteiger partial charge in [0.2, 0.25) is 10.0 Å². The van der Waals surface area contributed by atoms with Gasteiger partial charge in [-0.2, -0.15) is 0 Å². The molecule has 0 radical (unpaired) electrons. The van der Waals surface area contributed by atoms with E-state index in [0.717, 1.165) is 13.1 Å². The Morgan fingerprint density at radius 3 is 2.38 bits per heavy atom. The van der Waals surface area contributed by atoms with Gasteiger partial charge in [0.25, 0.3) is 5.91 Å². The highest BCUT2D eigenvalue weighted by molar-refractivity contribution is 7.88. The lowest BCUT2D eigenvalue weighted by molar-refractivity contribution is 0.0615. The third-order valence-electron chi connectivity index (χ3n) is 5.42. The van der Waals surface area contributed by atoms with Crippen LogP contribution in [0.3, 0.4) is 0 Å². The molecular formula is C19H28ClN3O5S. The van der Waals surface area contributed by atoms with E-state index in [2.05, 4.69) is 4.90 Å². The fourth-order valence-corrected chi connectivity index (χ4v) is 4.79. The summed E-state index contributed by atoms with van der Waals surface area (Å²) in [5.74, 6) is 0.442. The van der Waals surface area contributed by atoms with Crippen molar-refractivity contribution in [2.75, 3.05) is 58.7 Å². The molecule has 0 aromatic heterocycles. The number of hydrogen-bond acceptors (Lipinski definition) is 6. The van der Waals surface area contributed by atoms with Gasteiger partial charge in [0.05, 0.1) is 17.9 Å². The minimum absolute atomic E-state index is 0.0661. The number of hydrogen-bond donors (Lipinski definition) is 1. The standard InChI is InChI=1S/C19H28ClN3O5S/c1-29(26,27)23-6-4-16(5-7-23)28-18-3-2-15(14-17(18)20)19(25)22-10-8-21(9-11-22)12-13-24/h2-3,14,16,24H,4-13H2,1H3. The van der Waals surface area contributed by atoms with Gasteiger partial charge < -0.3 is 14.7 Å². The van der Waals surface area contributed by atoms with E-state index in [1.165, 1.54) is 10.6 Å². The summed E-state index contributed by atoms with van der Waals surface area (Å²) in [5, 5.41) is 9.39. The Morgan fingerprint density at radius 1 is 1.17 bits per heavy atom. The van der Waals surface area contributed by atoms with Crippen molar-refractivity contribution >= 4 is 27.5 Å². The highest BCUT2D eigenvalue weighted by Gasteiger charge is 2.27. The summed E-state index contributed by atoms with van der Waals surface area (Å²) in [5.41, 5.74) is 0.518. The Balaban J connectivity index is 1.56. The zero-order chi connectivity index (χ0) is 21.0. The molecule has 29 heavy (non-hydrogen) atoms. The Bertz CT molecular complexity index is 819. The number of sulfonamides is 1. The molecule has 0 bridgehead atoms. The van der Waals surface area contributed by atoms with Crippen LogP contribution in [-0.2, 0) is 10.0 Å². The van der Waals surface area contributed by atoms with Crippen LogP contribution in [-0.4, -0.2) is 98.3 Å². The van der Waals surface area contributed by atoms with Gasteiger partial charge in [-0.3, -0.25) is 9.69 Å². The zero-order valence-corrected chi connectivity index (χ0v) is 18.2. The Morgan fingerprint density at radius 2 is 1.83 bits per heavy atom. The molecule has 2 aliphatic heterocycles. The van der Waals surface area contributed by atoms with Gasteiger partial charge in [-0.1, -0.05) is 11.6 Å². The molecule has 1 aromatic rings. The van der Waals surface area contributed by atoms with E-state index in [-0.39, 0.29) is 18.6 Å². The van der Waals surface area contributed by atoms with Crippen LogP contribution in [0.15, 0.2) is 18.2 Å². The van der Waals surface area contributed by atoms with Crippen molar-refractivity contribution < 1.29 is 23.1 Å². The molecule has 3 rings (SSSR count). The second kappa shape index (κ2) is 9.61. The van der Waals surface area contributed by atoms with Gasteiger partial charge in [-0.25, -0.2) is 12.7 Å². The molecule has 0 unspecified atom stereocenters. The van der Waals surface area contributed by atoms with E-state index in [0.29, 0.717) is 61.9 Å². The average Bonchev–Trinajstić information content (AvgIpc) is 2.69. The number of aliphatic hydroxyl groups excluding tert-OH is 1. The van der Waals surface area contributed by atoms with Crippen LogP contribution in [0.4, 0.5) is 0 Å². The van der Waals surface area contributed by atoms with Crippen molar-refractivity contribution in [1.82, 2.24) is 14.1 Å². The van der Waals surface area contributed by atoms with Crippen LogP contribution in [0, 0.1) is 0 Å².